The summed E-state index contributed by atoms with van der Waals surface area (Å²) < 4.78 is 4.93. The standard InChI is InChI=1S/C17H22N2O4/c1-3-4-11-23-17(22)12-18-16(21)10-7-14-5-8-15(9-6-14)19-13(2)20/h5-10H,3-4,11-12H2,1-2H3,(H,18,21)(H,19,20). The molecule has 0 saturated carbocycles. The maximum atomic E-state index is 11.6. The van der Waals surface area contributed by atoms with Gasteiger partial charge in [0.05, 0.1) is 6.61 Å². The quantitative estimate of drug-likeness (QED) is 0.437. The fraction of sp³-hybridized carbons (Fsp3) is 0.353. The van der Waals surface area contributed by atoms with Gasteiger partial charge in [0.25, 0.3) is 0 Å². The first-order chi connectivity index (χ1) is 11.0. The SMILES string of the molecule is CCCCOC(=O)CNC(=O)C=Cc1ccc(NC(C)=O)cc1. The Bertz CT molecular complexity index is 564. The van der Waals surface area contributed by atoms with Gasteiger partial charge in [0.1, 0.15) is 6.54 Å². The fourth-order valence-corrected chi connectivity index (χ4v) is 1.65. The Kier molecular flexibility index (Phi) is 8.13. The van der Waals surface area contributed by atoms with Crippen LogP contribution in [0.2, 0.25) is 0 Å². The number of benzene rings is 1. The van der Waals surface area contributed by atoms with Crippen LogP contribution in [-0.4, -0.2) is 30.9 Å². The molecule has 2 amide bonds. The highest BCUT2D eigenvalue weighted by Gasteiger charge is 2.03. The molecule has 124 valence electrons. The lowest BCUT2D eigenvalue weighted by atomic mass is 10.2. The lowest BCUT2D eigenvalue weighted by Crippen LogP contribution is -2.29. The number of carbonyl (C=O) groups excluding carboxylic acids is 3. The van der Waals surface area contributed by atoms with Crippen molar-refractivity contribution in [2.75, 3.05) is 18.5 Å². The number of hydrogen-bond acceptors (Lipinski definition) is 4. The molecule has 1 rings (SSSR count). The largest absolute Gasteiger partial charge is 0.464 e. The van der Waals surface area contributed by atoms with Crippen LogP contribution in [0.1, 0.15) is 32.3 Å². The predicted octanol–water partition coefficient (Wildman–Crippen LogP) is 2.12. The van der Waals surface area contributed by atoms with Gasteiger partial charge in [0.15, 0.2) is 0 Å². The monoisotopic (exact) mass is 318 g/mol. The summed E-state index contributed by atoms with van der Waals surface area (Å²) in [5.41, 5.74) is 1.49. The number of nitrogens with one attached hydrogen (secondary N) is 2. The molecule has 23 heavy (non-hydrogen) atoms. The lowest BCUT2D eigenvalue weighted by Gasteiger charge is -2.04. The number of anilines is 1. The Morgan fingerprint density at radius 1 is 1.17 bits per heavy atom. The number of unbranched alkanes of at least 4 members (excludes halogenated alkanes) is 1. The normalized spacial score (nSPS) is 10.3. The summed E-state index contributed by atoms with van der Waals surface area (Å²) in [6, 6.07) is 7.02. The van der Waals surface area contributed by atoms with E-state index in [1.165, 1.54) is 13.0 Å². The summed E-state index contributed by atoms with van der Waals surface area (Å²) in [4.78, 5) is 33.8. The minimum atomic E-state index is -0.445. The number of carbonyl (C=O) groups is 3. The van der Waals surface area contributed by atoms with Crippen molar-refractivity contribution in [3.05, 3.63) is 35.9 Å². The van der Waals surface area contributed by atoms with Crippen LogP contribution < -0.4 is 10.6 Å². The lowest BCUT2D eigenvalue weighted by molar-refractivity contribution is -0.143. The molecule has 2 N–H and O–H groups in total. The first kappa shape index (κ1) is 18.4. The molecule has 6 nitrogen and oxygen atoms in total. The molecule has 0 fully saturated rings. The number of rotatable bonds is 8. The fourth-order valence-electron chi connectivity index (χ4n) is 1.65. The van der Waals surface area contributed by atoms with Crippen molar-refractivity contribution in [1.29, 1.82) is 0 Å². The molecule has 0 aliphatic carbocycles. The van der Waals surface area contributed by atoms with Crippen LogP contribution in [0.4, 0.5) is 5.69 Å². The number of hydrogen-bond donors (Lipinski definition) is 2. The van der Waals surface area contributed by atoms with Gasteiger partial charge in [-0.3, -0.25) is 14.4 Å². The zero-order valence-electron chi connectivity index (χ0n) is 13.4. The highest BCUT2D eigenvalue weighted by atomic mass is 16.5. The van der Waals surface area contributed by atoms with Crippen LogP contribution in [-0.2, 0) is 19.1 Å². The third-order valence-corrected chi connectivity index (χ3v) is 2.83. The van der Waals surface area contributed by atoms with E-state index in [2.05, 4.69) is 10.6 Å². The maximum absolute atomic E-state index is 11.6. The van der Waals surface area contributed by atoms with Crippen LogP contribution in [0.3, 0.4) is 0 Å². The smallest absolute Gasteiger partial charge is 0.325 e. The zero-order valence-corrected chi connectivity index (χ0v) is 13.4. The molecular formula is C17H22N2O4. The first-order valence-electron chi connectivity index (χ1n) is 7.50. The van der Waals surface area contributed by atoms with Gasteiger partial charge in [0.2, 0.25) is 11.8 Å². The van der Waals surface area contributed by atoms with Crippen molar-refractivity contribution >= 4 is 29.5 Å². The molecule has 0 aromatic heterocycles. The van der Waals surface area contributed by atoms with E-state index in [1.807, 2.05) is 6.92 Å². The van der Waals surface area contributed by atoms with Crippen molar-refractivity contribution < 1.29 is 19.1 Å². The van der Waals surface area contributed by atoms with Gasteiger partial charge < -0.3 is 15.4 Å². The third-order valence-electron chi connectivity index (χ3n) is 2.83. The number of ether oxygens (including phenoxy) is 1. The maximum Gasteiger partial charge on any atom is 0.325 e. The molecule has 0 unspecified atom stereocenters. The Labute approximate surface area is 135 Å². The van der Waals surface area contributed by atoms with Crippen molar-refractivity contribution in [2.45, 2.75) is 26.7 Å². The Hall–Kier alpha value is -2.63. The Morgan fingerprint density at radius 3 is 2.48 bits per heavy atom. The van der Waals surface area contributed by atoms with Crippen molar-refractivity contribution in [1.82, 2.24) is 5.32 Å². The summed E-state index contributed by atoms with van der Waals surface area (Å²) >= 11 is 0. The van der Waals surface area contributed by atoms with E-state index in [-0.39, 0.29) is 18.4 Å². The minimum Gasteiger partial charge on any atom is -0.464 e. The minimum absolute atomic E-state index is 0.140. The van der Waals surface area contributed by atoms with Crippen molar-refractivity contribution in [3.8, 4) is 0 Å². The first-order valence-corrected chi connectivity index (χ1v) is 7.50. The van der Waals surface area contributed by atoms with Gasteiger partial charge in [-0.1, -0.05) is 25.5 Å². The van der Waals surface area contributed by atoms with Gasteiger partial charge >= 0.3 is 5.97 Å². The molecule has 1 aromatic rings. The third kappa shape index (κ3) is 8.40. The molecule has 0 bridgehead atoms. The molecule has 0 aliphatic rings. The summed E-state index contributed by atoms with van der Waals surface area (Å²) in [7, 11) is 0. The van der Waals surface area contributed by atoms with E-state index in [9.17, 15) is 14.4 Å². The topological polar surface area (TPSA) is 84.5 Å². The highest BCUT2D eigenvalue weighted by molar-refractivity contribution is 5.93. The van der Waals surface area contributed by atoms with Crippen LogP contribution in [0.25, 0.3) is 6.08 Å². The summed E-state index contributed by atoms with van der Waals surface area (Å²) in [5.74, 6) is -0.957. The number of amides is 2. The zero-order chi connectivity index (χ0) is 17.1. The van der Waals surface area contributed by atoms with E-state index in [1.54, 1.807) is 30.3 Å². The molecule has 1 aromatic carbocycles. The van der Waals surface area contributed by atoms with Gasteiger partial charge in [-0.15, -0.1) is 0 Å². The van der Waals surface area contributed by atoms with Crippen LogP contribution in [0, 0.1) is 0 Å². The average molecular weight is 318 g/mol. The Balaban J connectivity index is 2.37. The number of esters is 1. The van der Waals surface area contributed by atoms with E-state index < -0.39 is 5.97 Å². The summed E-state index contributed by atoms with van der Waals surface area (Å²) in [6.45, 7) is 3.67. The molecule has 0 aliphatic heterocycles. The molecule has 0 atom stereocenters. The van der Waals surface area contributed by atoms with E-state index in [4.69, 9.17) is 4.74 Å². The van der Waals surface area contributed by atoms with Crippen LogP contribution >= 0.6 is 0 Å². The van der Waals surface area contributed by atoms with Gasteiger partial charge in [0, 0.05) is 18.7 Å². The Morgan fingerprint density at radius 2 is 1.87 bits per heavy atom. The molecule has 6 heteroatoms. The van der Waals surface area contributed by atoms with E-state index in [0.717, 1.165) is 18.4 Å². The highest BCUT2D eigenvalue weighted by Crippen LogP contribution is 2.10. The predicted molar refractivity (Wildman–Crippen MR) is 88.7 cm³/mol. The second-order valence-electron chi connectivity index (χ2n) is 4.93. The van der Waals surface area contributed by atoms with Crippen molar-refractivity contribution in [3.63, 3.8) is 0 Å². The summed E-state index contributed by atoms with van der Waals surface area (Å²) in [6.07, 6.45) is 4.72. The van der Waals surface area contributed by atoms with Crippen LogP contribution in [0.15, 0.2) is 30.3 Å². The second kappa shape index (κ2) is 10.2. The van der Waals surface area contributed by atoms with Gasteiger partial charge in [-0.05, 0) is 30.2 Å². The molecule has 0 heterocycles. The molecule has 0 spiro atoms. The van der Waals surface area contributed by atoms with Gasteiger partial charge in [-0.2, -0.15) is 0 Å². The second-order valence-corrected chi connectivity index (χ2v) is 4.93. The van der Waals surface area contributed by atoms with E-state index >= 15 is 0 Å². The molecular weight excluding hydrogens is 296 g/mol. The van der Waals surface area contributed by atoms with Gasteiger partial charge in [-0.25, -0.2) is 0 Å². The van der Waals surface area contributed by atoms with E-state index in [0.29, 0.717) is 12.3 Å². The molecule has 0 radical (unpaired) electrons. The van der Waals surface area contributed by atoms with Crippen LogP contribution in [0.5, 0.6) is 0 Å². The molecule has 0 saturated heterocycles. The summed E-state index contributed by atoms with van der Waals surface area (Å²) in [5, 5.41) is 5.12. The average Bonchev–Trinajstić information content (AvgIpc) is 2.52. The van der Waals surface area contributed by atoms with Crippen molar-refractivity contribution in [2.24, 2.45) is 0 Å².